The molecule has 0 atom stereocenters. The van der Waals surface area contributed by atoms with Crippen LogP contribution in [0.4, 0.5) is 0 Å². The van der Waals surface area contributed by atoms with Gasteiger partial charge in [-0.2, -0.15) is 0 Å². The third-order valence-corrected chi connectivity index (χ3v) is 3.61. The third kappa shape index (κ3) is 1.94. The van der Waals surface area contributed by atoms with Crippen molar-refractivity contribution in [1.82, 2.24) is 0 Å². The molecule has 1 aliphatic carbocycles. The highest BCUT2D eigenvalue weighted by Gasteiger charge is 2.21. The molecule has 1 aromatic carbocycles. The van der Waals surface area contributed by atoms with Gasteiger partial charge in [-0.15, -0.1) is 0 Å². The van der Waals surface area contributed by atoms with E-state index in [2.05, 4.69) is 13.8 Å². The summed E-state index contributed by atoms with van der Waals surface area (Å²) < 4.78 is 5.86. The molecule has 100 valence electrons. The zero-order valence-corrected chi connectivity index (χ0v) is 11.6. The van der Waals surface area contributed by atoms with Crippen LogP contribution >= 0.6 is 0 Å². The van der Waals surface area contributed by atoms with Crippen LogP contribution in [0.15, 0.2) is 53.1 Å². The van der Waals surface area contributed by atoms with Crippen LogP contribution in [0.5, 0.6) is 0 Å². The molecule has 0 saturated carbocycles. The van der Waals surface area contributed by atoms with Crippen LogP contribution in [0, 0.1) is 0 Å². The monoisotopic (exact) mass is 264 g/mol. The molecule has 0 spiro atoms. The van der Waals surface area contributed by atoms with Gasteiger partial charge in [-0.1, -0.05) is 56.3 Å². The number of rotatable bonds is 3. The van der Waals surface area contributed by atoms with Crippen LogP contribution in [0.25, 0.3) is 22.5 Å². The molecule has 0 saturated heterocycles. The minimum absolute atomic E-state index is 0.355. The molecule has 0 N–H and O–H groups in total. The molecule has 2 heteroatoms. The summed E-state index contributed by atoms with van der Waals surface area (Å²) in [5.41, 5.74) is 4.82. The van der Waals surface area contributed by atoms with E-state index in [1.54, 1.807) is 0 Å². The first kappa shape index (κ1) is 12.7. The fourth-order valence-corrected chi connectivity index (χ4v) is 2.58. The molecule has 1 heterocycles. The Labute approximate surface area is 118 Å². The van der Waals surface area contributed by atoms with Crippen LogP contribution in [-0.4, -0.2) is 6.29 Å². The van der Waals surface area contributed by atoms with Crippen LogP contribution < -0.4 is 0 Å². The number of hydrogen-bond acceptors (Lipinski definition) is 2. The Morgan fingerprint density at radius 1 is 1.05 bits per heavy atom. The lowest BCUT2D eigenvalue weighted by molar-refractivity contribution is 0.112. The highest BCUT2D eigenvalue weighted by atomic mass is 16.3. The summed E-state index contributed by atoms with van der Waals surface area (Å²) in [5.74, 6) is 1.12. The van der Waals surface area contributed by atoms with E-state index in [9.17, 15) is 4.79 Å². The minimum atomic E-state index is 0.355. The van der Waals surface area contributed by atoms with E-state index in [1.165, 1.54) is 0 Å². The summed E-state index contributed by atoms with van der Waals surface area (Å²) >= 11 is 0. The van der Waals surface area contributed by atoms with Crippen molar-refractivity contribution in [2.75, 3.05) is 0 Å². The lowest BCUT2D eigenvalue weighted by Gasteiger charge is -2.15. The fourth-order valence-electron chi connectivity index (χ4n) is 2.58. The zero-order chi connectivity index (χ0) is 14.1. The Kier molecular flexibility index (Phi) is 3.15. The van der Waals surface area contributed by atoms with Crippen molar-refractivity contribution >= 4 is 6.29 Å². The van der Waals surface area contributed by atoms with E-state index in [0.717, 1.165) is 34.3 Å². The van der Waals surface area contributed by atoms with Gasteiger partial charge in [0.25, 0.3) is 0 Å². The molecule has 3 rings (SSSR count). The number of carbonyl (C=O) groups excluding carboxylic acids is 1. The van der Waals surface area contributed by atoms with E-state index in [-0.39, 0.29) is 0 Å². The molecule has 0 fully saturated rings. The maximum Gasteiger partial charge on any atom is 0.150 e. The normalized spacial score (nSPS) is 11.2. The van der Waals surface area contributed by atoms with Crippen molar-refractivity contribution in [3.63, 3.8) is 0 Å². The lowest BCUT2D eigenvalue weighted by Crippen LogP contribution is -1.95. The van der Waals surface area contributed by atoms with Gasteiger partial charge in [-0.05, 0) is 17.0 Å². The number of fused-ring (bicyclic) bond motifs is 1. The smallest absolute Gasteiger partial charge is 0.150 e. The molecular weight excluding hydrogens is 248 g/mol. The molecule has 1 aromatic rings. The molecule has 0 radical (unpaired) electrons. The van der Waals surface area contributed by atoms with Crippen LogP contribution in [0.3, 0.4) is 0 Å². The largest absolute Gasteiger partial charge is 0.463 e. The quantitative estimate of drug-likeness (QED) is 0.624. The van der Waals surface area contributed by atoms with Gasteiger partial charge in [0.1, 0.15) is 5.76 Å². The number of benzene rings is 1. The Hall–Kier alpha value is -2.35. The van der Waals surface area contributed by atoms with E-state index < -0.39 is 0 Å². The number of carbonyl (C=O) groups is 1. The summed E-state index contributed by atoms with van der Waals surface area (Å²) in [5, 5.41) is 0. The second-order valence-corrected chi connectivity index (χ2v) is 5.24. The average Bonchev–Trinajstić information content (AvgIpc) is 2.91. The van der Waals surface area contributed by atoms with Gasteiger partial charge in [0.2, 0.25) is 0 Å². The second-order valence-electron chi connectivity index (χ2n) is 5.24. The summed E-state index contributed by atoms with van der Waals surface area (Å²) in [6.45, 7) is 4.25. The predicted molar refractivity (Wildman–Crippen MR) is 80.2 cm³/mol. The van der Waals surface area contributed by atoms with Gasteiger partial charge in [-0.25, -0.2) is 0 Å². The zero-order valence-electron chi connectivity index (χ0n) is 11.6. The first-order valence-corrected chi connectivity index (χ1v) is 6.77. The molecule has 20 heavy (non-hydrogen) atoms. The van der Waals surface area contributed by atoms with Crippen molar-refractivity contribution in [3.8, 4) is 22.5 Å². The molecule has 0 amide bonds. The molecule has 0 bridgehead atoms. The summed E-state index contributed by atoms with van der Waals surface area (Å²) in [6.07, 6.45) is 2.71. The first-order chi connectivity index (χ1) is 9.72. The van der Waals surface area contributed by atoms with Gasteiger partial charge in [0, 0.05) is 16.7 Å². The predicted octanol–water partition coefficient (Wildman–Crippen LogP) is 4.99. The Bertz CT molecular complexity index is 708. The fraction of sp³-hybridized carbons (Fsp3) is 0.167. The van der Waals surface area contributed by atoms with Gasteiger partial charge in [-0.3, -0.25) is 4.79 Å². The maximum atomic E-state index is 11.3. The third-order valence-electron chi connectivity index (χ3n) is 3.61. The van der Waals surface area contributed by atoms with Gasteiger partial charge in [0.15, 0.2) is 6.29 Å². The summed E-state index contributed by atoms with van der Waals surface area (Å²) in [6, 6.07) is 13.8. The van der Waals surface area contributed by atoms with Crippen molar-refractivity contribution < 1.29 is 9.21 Å². The van der Waals surface area contributed by atoms with Crippen LogP contribution in [0.2, 0.25) is 0 Å². The van der Waals surface area contributed by atoms with Gasteiger partial charge in [0.05, 0.1) is 6.26 Å². The molecule has 0 aromatic heterocycles. The van der Waals surface area contributed by atoms with E-state index in [0.29, 0.717) is 11.5 Å². The Morgan fingerprint density at radius 2 is 1.80 bits per heavy atom. The second kappa shape index (κ2) is 4.97. The summed E-state index contributed by atoms with van der Waals surface area (Å²) in [4.78, 5) is 11.3. The minimum Gasteiger partial charge on any atom is -0.463 e. The van der Waals surface area contributed by atoms with Gasteiger partial charge >= 0.3 is 0 Å². The Morgan fingerprint density at radius 3 is 2.45 bits per heavy atom. The van der Waals surface area contributed by atoms with E-state index in [1.807, 2.05) is 48.7 Å². The van der Waals surface area contributed by atoms with Crippen LogP contribution in [-0.2, 0) is 0 Å². The highest BCUT2D eigenvalue weighted by Crippen LogP contribution is 2.41. The first-order valence-electron chi connectivity index (χ1n) is 6.77. The van der Waals surface area contributed by atoms with E-state index in [4.69, 9.17) is 4.42 Å². The number of aldehydes is 1. The number of hydrogen-bond donors (Lipinski definition) is 0. The van der Waals surface area contributed by atoms with Crippen molar-refractivity contribution in [2.45, 2.75) is 19.8 Å². The molecule has 2 aliphatic rings. The lowest BCUT2D eigenvalue weighted by atomic mass is 9.93. The maximum absolute atomic E-state index is 11.3. The van der Waals surface area contributed by atoms with Crippen molar-refractivity contribution in [3.05, 3.63) is 59.9 Å². The molecule has 2 nitrogen and oxygen atoms in total. The Balaban J connectivity index is 2.30. The molecule has 1 aliphatic heterocycles. The SMILES string of the molecule is CC(C)c1coc(-c2ccccc2)c2c(C=O)ccc1-2. The van der Waals surface area contributed by atoms with Crippen LogP contribution in [0.1, 0.15) is 35.7 Å². The van der Waals surface area contributed by atoms with Crippen molar-refractivity contribution in [2.24, 2.45) is 0 Å². The molecule has 0 unspecified atom stereocenters. The topological polar surface area (TPSA) is 30.2 Å². The summed E-state index contributed by atoms with van der Waals surface area (Å²) in [7, 11) is 0. The van der Waals surface area contributed by atoms with E-state index >= 15 is 0 Å². The average molecular weight is 264 g/mol. The van der Waals surface area contributed by atoms with Crippen molar-refractivity contribution in [1.29, 1.82) is 0 Å². The highest BCUT2D eigenvalue weighted by molar-refractivity contribution is 5.96. The molecular formula is C18H16O2. The standard InChI is InChI=1S/C18H16O2/c1-12(2)16-11-20-18(13-6-4-3-5-7-13)17-14(10-19)8-9-15(16)17/h3-12H,1-2H3. The van der Waals surface area contributed by atoms with Gasteiger partial charge < -0.3 is 4.42 Å².